The highest BCUT2D eigenvalue weighted by atomic mass is 35.5. The summed E-state index contributed by atoms with van der Waals surface area (Å²) in [5.74, 6) is 0. The van der Waals surface area contributed by atoms with Crippen LogP contribution in [0.4, 0.5) is 17.1 Å². The Kier molecular flexibility index (Phi) is 4.48. The number of halogens is 1. The lowest BCUT2D eigenvalue weighted by molar-refractivity contribution is -0.384. The van der Waals surface area contributed by atoms with Gasteiger partial charge in [0.05, 0.1) is 4.92 Å². The molecule has 0 aliphatic rings. The minimum absolute atomic E-state index is 0. The number of para-hydroxylation sites is 1. The average molecular weight is 251 g/mol. The van der Waals surface area contributed by atoms with Gasteiger partial charge in [-0.25, -0.2) is 0 Å². The number of anilines is 2. The van der Waals surface area contributed by atoms with Crippen LogP contribution >= 0.6 is 12.4 Å². The van der Waals surface area contributed by atoms with E-state index in [4.69, 9.17) is 0 Å². The molecule has 0 unspecified atom stereocenters. The highest BCUT2D eigenvalue weighted by Gasteiger charge is 2.03. The lowest BCUT2D eigenvalue weighted by atomic mass is 10.2. The van der Waals surface area contributed by atoms with Crippen molar-refractivity contribution in [3.8, 4) is 0 Å². The Hall–Kier alpha value is -2.07. The Balaban J connectivity index is 0.00000144. The first-order valence-electron chi connectivity index (χ1n) is 4.82. The van der Waals surface area contributed by atoms with E-state index in [0.717, 1.165) is 11.4 Å². The summed E-state index contributed by atoms with van der Waals surface area (Å²) >= 11 is 0. The van der Waals surface area contributed by atoms with Gasteiger partial charge >= 0.3 is 0 Å². The fourth-order valence-corrected chi connectivity index (χ4v) is 1.35. The summed E-state index contributed by atoms with van der Waals surface area (Å²) in [5, 5.41) is 13.6. The van der Waals surface area contributed by atoms with Crippen molar-refractivity contribution in [2.45, 2.75) is 0 Å². The van der Waals surface area contributed by atoms with Gasteiger partial charge in [-0.1, -0.05) is 18.2 Å². The van der Waals surface area contributed by atoms with Crippen LogP contribution in [0.25, 0.3) is 0 Å². The average Bonchev–Trinajstić information content (AvgIpc) is 2.31. The van der Waals surface area contributed by atoms with Crippen LogP contribution in [0.5, 0.6) is 0 Å². The van der Waals surface area contributed by atoms with Crippen LogP contribution in [0.2, 0.25) is 0 Å². The smallest absolute Gasteiger partial charge is 0.269 e. The fourth-order valence-electron chi connectivity index (χ4n) is 1.35. The van der Waals surface area contributed by atoms with Gasteiger partial charge < -0.3 is 5.32 Å². The van der Waals surface area contributed by atoms with Crippen LogP contribution in [-0.2, 0) is 0 Å². The predicted octanol–water partition coefficient (Wildman–Crippen LogP) is 3.76. The first-order valence-corrected chi connectivity index (χ1v) is 4.82. The molecule has 0 saturated carbocycles. The van der Waals surface area contributed by atoms with E-state index in [1.165, 1.54) is 12.1 Å². The minimum Gasteiger partial charge on any atom is -0.356 e. The largest absolute Gasteiger partial charge is 0.356 e. The number of nitro benzene ring substituents is 1. The van der Waals surface area contributed by atoms with Gasteiger partial charge in [0.15, 0.2) is 0 Å². The molecule has 0 heterocycles. The molecule has 2 aromatic carbocycles. The van der Waals surface area contributed by atoms with Crippen molar-refractivity contribution < 1.29 is 4.92 Å². The molecular weight excluding hydrogens is 240 g/mol. The molecule has 5 heteroatoms. The molecule has 0 fully saturated rings. The van der Waals surface area contributed by atoms with Gasteiger partial charge in [0.2, 0.25) is 0 Å². The summed E-state index contributed by atoms with van der Waals surface area (Å²) in [6.45, 7) is 0. The van der Waals surface area contributed by atoms with E-state index < -0.39 is 4.92 Å². The highest BCUT2D eigenvalue weighted by molar-refractivity contribution is 5.85. The zero-order valence-corrected chi connectivity index (χ0v) is 9.68. The zero-order valence-electron chi connectivity index (χ0n) is 8.87. The summed E-state index contributed by atoms with van der Waals surface area (Å²) in [7, 11) is 0. The van der Waals surface area contributed by atoms with E-state index in [-0.39, 0.29) is 18.1 Å². The molecule has 0 radical (unpaired) electrons. The van der Waals surface area contributed by atoms with Gasteiger partial charge in [0, 0.05) is 23.5 Å². The third-order valence-electron chi connectivity index (χ3n) is 2.14. The van der Waals surface area contributed by atoms with Crippen molar-refractivity contribution >= 4 is 29.5 Å². The quantitative estimate of drug-likeness (QED) is 0.667. The number of non-ortho nitro benzene ring substituents is 1. The maximum Gasteiger partial charge on any atom is 0.269 e. The molecule has 4 nitrogen and oxygen atoms in total. The zero-order chi connectivity index (χ0) is 11.4. The van der Waals surface area contributed by atoms with Gasteiger partial charge in [-0.05, 0) is 24.3 Å². The number of rotatable bonds is 3. The number of benzene rings is 2. The molecule has 0 atom stereocenters. The Morgan fingerprint density at radius 3 is 1.94 bits per heavy atom. The van der Waals surface area contributed by atoms with Crippen LogP contribution in [-0.4, -0.2) is 4.92 Å². The number of nitrogens with one attached hydrogen (secondary N) is 1. The number of hydrogen-bond acceptors (Lipinski definition) is 3. The molecule has 0 aliphatic heterocycles. The highest BCUT2D eigenvalue weighted by Crippen LogP contribution is 2.19. The van der Waals surface area contributed by atoms with Crippen LogP contribution in [0.15, 0.2) is 54.6 Å². The summed E-state index contributed by atoms with van der Waals surface area (Å²) in [4.78, 5) is 10.0. The van der Waals surface area contributed by atoms with Crippen molar-refractivity contribution in [1.82, 2.24) is 0 Å². The maximum atomic E-state index is 10.5. The first-order chi connectivity index (χ1) is 7.75. The molecule has 88 valence electrons. The van der Waals surface area contributed by atoms with Gasteiger partial charge in [0.1, 0.15) is 0 Å². The SMILES string of the molecule is Cl.O=[N+]([O-])c1ccc(Nc2ccccc2)cc1. The maximum absolute atomic E-state index is 10.5. The third kappa shape index (κ3) is 3.46. The second kappa shape index (κ2) is 5.86. The molecule has 0 aliphatic carbocycles. The first kappa shape index (κ1) is 13.0. The van der Waals surface area contributed by atoms with Gasteiger partial charge in [-0.15, -0.1) is 12.4 Å². The minimum atomic E-state index is -0.410. The lowest BCUT2D eigenvalue weighted by Crippen LogP contribution is -1.91. The Morgan fingerprint density at radius 2 is 1.41 bits per heavy atom. The third-order valence-corrected chi connectivity index (χ3v) is 2.14. The number of nitro groups is 1. The Labute approximate surface area is 105 Å². The molecule has 2 aromatic rings. The van der Waals surface area contributed by atoms with Crippen LogP contribution in [0, 0.1) is 10.1 Å². The second-order valence-electron chi connectivity index (χ2n) is 3.30. The van der Waals surface area contributed by atoms with Crippen molar-refractivity contribution in [3.05, 3.63) is 64.7 Å². The lowest BCUT2D eigenvalue weighted by Gasteiger charge is -2.05. The standard InChI is InChI=1S/C12H10N2O2.ClH/c15-14(16)12-8-6-11(7-9-12)13-10-4-2-1-3-5-10;/h1-9,13H;1H. The summed E-state index contributed by atoms with van der Waals surface area (Å²) < 4.78 is 0. The van der Waals surface area contributed by atoms with E-state index in [2.05, 4.69) is 5.32 Å². The summed E-state index contributed by atoms with van der Waals surface area (Å²) in [6.07, 6.45) is 0. The van der Waals surface area contributed by atoms with E-state index in [0.29, 0.717) is 0 Å². The van der Waals surface area contributed by atoms with Gasteiger partial charge in [-0.3, -0.25) is 10.1 Å². The van der Waals surface area contributed by atoms with Crippen molar-refractivity contribution in [3.63, 3.8) is 0 Å². The molecule has 2 rings (SSSR count). The van der Waals surface area contributed by atoms with E-state index >= 15 is 0 Å². The molecule has 0 bridgehead atoms. The number of nitrogens with zero attached hydrogens (tertiary/aromatic N) is 1. The van der Waals surface area contributed by atoms with Crippen LogP contribution in [0.1, 0.15) is 0 Å². The number of hydrogen-bond donors (Lipinski definition) is 1. The van der Waals surface area contributed by atoms with Crippen LogP contribution in [0.3, 0.4) is 0 Å². The summed E-state index contributed by atoms with van der Waals surface area (Å²) in [5.41, 5.74) is 1.88. The monoisotopic (exact) mass is 250 g/mol. The van der Waals surface area contributed by atoms with Gasteiger partial charge in [-0.2, -0.15) is 0 Å². The molecule has 0 spiro atoms. The van der Waals surface area contributed by atoms with Crippen molar-refractivity contribution in [2.75, 3.05) is 5.32 Å². The Bertz CT molecular complexity index is 486. The molecular formula is C12H11ClN2O2. The summed E-state index contributed by atoms with van der Waals surface area (Å²) in [6, 6.07) is 16.0. The molecule has 1 N–H and O–H groups in total. The molecule has 17 heavy (non-hydrogen) atoms. The van der Waals surface area contributed by atoms with E-state index in [9.17, 15) is 10.1 Å². The second-order valence-corrected chi connectivity index (χ2v) is 3.30. The topological polar surface area (TPSA) is 55.2 Å². The normalized spacial score (nSPS) is 9.18. The molecule has 0 aromatic heterocycles. The van der Waals surface area contributed by atoms with Gasteiger partial charge in [0.25, 0.3) is 5.69 Å². The van der Waals surface area contributed by atoms with Crippen molar-refractivity contribution in [2.24, 2.45) is 0 Å². The predicted molar refractivity (Wildman–Crippen MR) is 70.1 cm³/mol. The van der Waals surface area contributed by atoms with Crippen molar-refractivity contribution in [1.29, 1.82) is 0 Å². The van der Waals surface area contributed by atoms with E-state index in [1.807, 2.05) is 30.3 Å². The van der Waals surface area contributed by atoms with E-state index in [1.54, 1.807) is 12.1 Å². The Morgan fingerprint density at radius 1 is 0.882 bits per heavy atom. The fraction of sp³-hybridized carbons (Fsp3) is 0. The molecule has 0 saturated heterocycles. The van der Waals surface area contributed by atoms with Crippen LogP contribution < -0.4 is 5.32 Å². The molecule has 0 amide bonds.